The molecule has 0 amide bonds. The van der Waals surface area contributed by atoms with Crippen LogP contribution in [-0.4, -0.2) is 39.2 Å². The summed E-state index contributed by atoms with van der Waals surface area (Å²) in [4.78, 5) is 16.0. The average Bonchev–Trinajstić information content (AvgIpc) is 3.20. The van der Waals surface area contributed by atoms with Gasteiger partial charge in [0.05, 0.1) is 29.1 Å². The molecule has 1 aliphatic carbocycles. The van der Waals surface area contributed by atoms with E-state index in [1.807, 2.05) is 22.9 Å². The first kappa shape index (κ1) is 24.6. The summed E-state index contributed by atoms with van der Waals surface area (Å²) in [6, 6.07) is 11.3. The lowest BCUT2D eigenvalue weighted by atomic mass is 9.95. The summed E-state index contributed by atoms with van der Waals surface area (Å²) in [7, 11) is 0.309. The molecular weight excluding hydrogens is 440 g/mol. The van der Waals surface area contributed by atoms with Crippen LogP contribution in [0.5, 0.6) is 0 Å². The topological polar surface area (TPSA) is 125 Å². The zero-order chi connectivity index (χ0) is 23.6. The molecule has 1 saturated carbocycles. The summed E-state index contributed by atoms with van der Waals surface area (Å²) >= 11 is 0. The van der Waals surface area contributed by atoms with E-state index in [4.69, 9.17) is 15.1 Å². The van der Waals surface area contributed by atoms with Crippen LogP contribution < -0.4 is 15.6 Å². The standard InChI is InChI=1S/C21H27N5O3S.C2H3N/c1-29-14-13-23-30(28)17-9-7-15(8-10-17)24-20-19-18(11-12-22-21(19)27)26(25-20)16-5-3-2-4-6-16;1-2-3/h7-12,16,23H,2-6,13-14H2,1H3,(H,22,27)(H,24,25);1H3. The normalized spacial score (nSPS) is 14.8. The molecule has 1 fully saturated rings. The number of anilines is 2. The molecule has 4 rings (SSSR count). The van der Waals surface area contributed by atoms with Crippen molar-refractivity contribution in [1.29, 1.82) is 5.26 Å². The van der Waals surface area contributed by atoms with Crippen LogP contribution in [0.2, 0.25) is 0 Å². The van der Waals surface area contributed by atoms with Crippen molar-refractivity contribution in [3.8, 4) is 6.07 Å². The van der Waals surface area contributed by atoms with Gasteiger partial charge in [0.15, 0.2) is 5.82 Å². The monoisotopic (exact) mass is 470 g/mol. The van der Waals surface area contributed by atoms with Gasteiger partial charge >= 0.3 is 0 Å². The van der Waals surface area contributed by atoms with Crippen LogP contribution in [-0.2, 0) is 15.7 Å². The van der Waals surface area contributed by atoms with Gasteiger partial charge in [0.25, 0.3) is 5.56 Å². The van der Waals surface area contributed by atoms with Crippen LogP contribution in [0, 0.1) is 11.3 Å². The third kappa shape index (κ3) is 6.28. The number of rotatable bonds is 8. The highest BCUT2D eigenvalue weighted by molar-refractivity contribution is 7.83. The molecular formula is C23H30N6O3S. The molecule has 0 saturated heterocycles. The Hall–Kier alpha value is -3.00. The number of aromatic amines is 1. The maximum atomic E-state index is 12.5. The van der Waals surface area contributed by atoms with Crippen LogP contribution >= 0.6 is 0 Å². The maximum absolute atomic E-state index is 12.5. The number of nitriles is 1. The molecule has 3 aromatic rings. The van der Waals surface area contributed by atoms with Crippen molar-refractivity contribution in [2.24, 2.45) is 0 Å². The number of H-pyrrole nitrogens is 1. The summed E-state index contributed by atoms with van der Waals surface area (Å²) in [5.41, 5.74) is 1.48. The van der Waals surface area contributed by atoms with Crippen LogP contribution in [0.1, 0.15) is 45.1 Å². The Morgan fingerprint density at radius 3 is 2.61 bits per heavy atom. The van der Waals surface area contributed by atoms with E-state index in [2.05, 4.69) is 15.0 Å². The minimum Gasteiger partial charge on any atom is -0.383 e. The molecule has 10 heteroatoms. The van der Waals surface area contributed by atoms with Crippen LogP contribution in [0.25, 0.3) is 10.9 Å². The Kier molecular flexibility index (Phi) is 9.18. The van der Waals surface area contributed by atoms with E-state index in [9.17, 15) is 9.00 Å². The largest absolute Gasteiger partial charge is 0.383 e. The predicted molar refractivity (Wildman–Crippen MR) is 130 cm³/mol. The minimum atomic E-state index is -1.30. The van der Waals surface area contributed by atoms with Crippen LogP contribution in [0.15, 0.2) is 46.2 Å². The van der Waals surface area contributed by atoms with Gasteiger partial charge in [-0.25, -0.2) is 8.93 Å². The van der Waals surface area contributed by atoms with Gasteiger partial charge in [-0.05, 0) is 43.2 Å². The average molecular weight is 471 g/mol. The first-order valence-corrected chi connectivity index (χ1v) is 12.2. The highest BCUT2D eigenvalue weighted by atomic mass is 32.2. The van der Waals surface area contributed by atoms with Crippen molar-refractivity contribution < 1.29 is 8.95 Å². The SMILES string of the molecule is CC#N.COCCNS(=O)c1ccc(Nc2nn(C3CCCCC3)c3cc[nH]c(=O)c23)cc1. The predicted octanol–water partition coefficient (Wildman–Crippen LogP) is 3.76. The van der Waals surface area contributed by atoms with Crippen molar-refractivity contribution in [1.82, 2.24) is 19.5 Å². The maximum Gasteiger partial charge on any atom is 0.261 e. The highest BCUT2D eigenvalue weighted by Crippen LogP contribution is 2.32. The van der Waals surface area contributed by atoms with Gasteiger partial charge in [0.2, 0.25) is 0 Å². The molecule has 0 spiro atoms. The van der Waals surface area contributed by atoms with Gasteiger partial charge in [-0.2, -0.15) is 10.4 Å². The molecule has 1 aromatic carbocycles. The van der Waals surface area contributed by atoms with Crippen LogP contribution in [0.4, 0.5) is 11.5 Å². The number of pyridine rings is 1. The summed E-state index contributed by atoms with van der Waals surface area (Å²) in [6.07, 6.45) is 7.48. The molecule has 3 N–H and O–H groups in total. The van der Waals surface area contributed by atoms with Gasteiger partial charge in [0.1, 0.15) is 16.4 Å². The first-order valence-electron chi connectivity index (χ1n) is 11.0. The van der Waals surface area contributed by atoms with Crippen molar-refractivity contribution in [2.75, 3.05) is 25.6 Å². The Morgan fingerprint density at radius 2 is 1.94 bits per heavy atom. The Bertz CT molecular complexity index is 1160. The fraction of sp³-hybridized carbons (Fsp3) is 0.435. The molecule has 1 atom stereocenters. The van der Waals surface area contributed by atoms with E-state index in [1.165, 1.54) is 26.2 Å². The second-order valence-electron chi connectivity index (χ2n) is 7.68. The van der Waals surface area contributed by atoms with Gasteiger partial charge in [-0.1, -0.05) is 19.3 Å². The van der Waals surface area contributed by atoms with Crippen molar-refractivity contribution in [2.45, 2.75) is 50.0 Å². The molecule has 1 aliphatic rings. The summed E-state index contributed by atoms with van der Waals surface area (Å²) in [5.74, 6) is 0.546. The first-order chi connectivity index (χ1) is 16.1. The molecule has 0 aliphatic heterocycles. The number of methoxy groups -OCH3 is 1. The molecule has 176 valence electrons. The van der Waals surface area contributed by atoms with Gasteiger partial charge in [0, 0.05) is 32.5 Å². The van der Waals surface area contributed by atoms with E-state index < -0.39 is 11.0 Å². The Labute approximate surface area is 195 Å². The quantitative estimate of drug-likeness (QED) is 0.431. The second kappa shape index (κ2) is 12.3. The summed E-state index contributed by atoms with van der Waals surface area (Å²) in [5, 5.41) is 15.9. The highest BCUT2D eigenvalue weighted by Gasteiger charge is 2.22. The van der Waals surface area contributed by atoms with E-state index in [1.54, 1.807) is 31.5 Å². The fourth-order valence-electron chi connectivity index (χ4n) is 3.91. The number of benzene rings is 1. The van der Waals surface area contributed by atoms with Gasteiger partial charge in [-0.15, -0.1) is 0 Å². The Balaban J connectivity index is 0.000000968. The lowest BCUT2D eigenvalue weighted by Crippen LogP contribution is -2.21. The second-order valence-corrected chi connectivity index (χ2v) is 8.98. The molecule has 33 heavy (non-hydrogen) atoms. The fourth-order valence-corrected chi connectivity index (χ4v) is 4.73. The minimum absolute atomic E-state index is 0.155. The summed E-state index contributed by atoms with van der Waals surface area (Å²) < 4.78 is 22.1. The molecule has 2 aromatic heterocycles. The lowest BCUT2D eigenvalue weighted by molar-refractivity contribution is 0.205. The molecule has 0 radical (unpaired) electrons. The van der Waals surface area contributed by atoms with E-state index in [0.29, 0.717) is 35.3 Å². The van der Waals surface area contributed by atoms with Crippen molar-refractivity contribution in [3.63, 3.8) is 0 Å². The molecule has 9 nitrogen and oxygen atoms in total. The number of nitrogens with zero attached hydrogens (tertiary/aromatic N) is 3. The Morgan fingerprint density at radius 1 is 1.24 bits per heavy atom. The van der Waals surface area contributed by atoms with Crippen molar-refractivity contribution in [3.05, 3.63) is 46.9 Å². The molecule has 1 unspecified atom stereocenters. The summed E-state index contributed by atoms with van der Waals surface area (Å²) in [6.45, 7) is 2.44. The van der Waals surface area contributed by atoms with E-state index >= 15 is 0 Å². The number of fused-ring (bicyclic) bond motifs is 1. The number of hydrogen-bond acceptors (Lipinski definition) is 6. The van der Waals surface area contributed by atoms with Crippen molar-refractivity contribution >= 4 is 33.4 Å². The van der Waals surface area contributed by atoms with E-state index in [-0.39, 0.29) is 5.56 Å². The third-order valence-corrected chi connectivity index (χ3v) is 6.59. The third-order valence-electron chi connectivity index (χ3n) is 5.42. The molecule has 2 heterocycles. The number of hydrogen-bond donors (Lipinski definition) is 3. The number of aromatic nitrogens is 3. The zero-order valence-corrected chi connectivity index (χ0v) is 19.8. The van der Waals surface area contributed by atoms with Crippen LogP contribution in [0.3, 0.4) is 0 Å². The zero-order valence-electron chi connectivity index (χ0n) is 19.0. The van der Waals surface area contributed by atoms with Gasteiger partial charge in [-0.3, -0.25) is 9.48 Å². The van der Waals surface area contributed by atoms with Gasteiger partial charge < -0.3 is 15.0 Å². The smallest absolute Gasteiger partial charge is 0.261 e. The van der Waals surface area contributed by atoms with E-state index in [0.717, 1.165) is 24.0 Å². The number of ether oxygens (including phenoxy) is 1. The number of nitrogens with one attached hydrogen (secondary N) is 3. The lowest BCUT2D eigenvalue weighted by Gasteiger charge is -2.22. The molecule has 0 bridgehead atoms.